The lowest BCUT2D eigenvalue weighted by Crippen LogP contribution is -2.39. The number of hydrogen-bond acceptors (Lipinski definition) is 7. The number of esters is 1. The van der Waals surface area contributed by atoms with Crippen molar-refractivity contribution in [3.05, 3.63) is 59.6 Å². The molecule has 4 rings (SSSR count). The molecule has 1 unspecified atom stereocenters. The first kappa shape index (κ1) is 17.2. The fourth-order valence-corrected chi connectivity index (χ4v) is 3.75. The van der Waals surface area contributed by atoms with Gasteiger partial charge in [-0.25, -0.2) is 9.78 Å². The van der Waals surface area contributed by atoms with Crippen LogP contribution in [0.15, 0.2) is 59.7 Å². The first-order valence-electron chi connectivity index (χ1n) is 8.34. The number of carbonyl (C=O) groups excluding carboxylic acids is 2. The third-order valence-corrected chi connectivity index (χ3v) is 5.17. The molecule has 8 heteroatoms. The molecular weight excluding hydrogens is 364 g/mol. The number of anilines is 1. The minimum atomic E-state index is -0.711. The maximum atomic E-state index is 12.4. The average molecular weight is 380 g/mol. The normalized spacial score (nSPS) is 16.4. The highest BCUT2D eigenvalue weighted by molar-refractivity contribution is 7.18. The van der Waals surface area contributed by atoms with E-state index in [1.54, 1.807) is 12.1 Å². The van der Waals surface area contributed by atoms with Crippen molar-refractivity contribution in [1.29, 1.82) is 0 Å². The third kappa shape index (κ3) is 3.52. The van der Waals surface area contributed by atoms with Crippen molar-refractivity contribution >= 4 is 44.8 Å². The van der Waals surface area contributed by atoms with E-state index in [-0.39, 0.29) is 18.7 Å². The van der Waals surface area contributed by atoms with E-state index in [1.807, 2.05) is 42.5 Å². The molecule has 0 saturated heterocycles. The van der Waals surface area contributed by atoms with Crippen molar-refractivity contribution < 1.29 is 14.3 Å². The van der Waals surface area contributed by atoms with Crippen molar-refractivity contribution in [2.45, 2.75) is 19.1 Å². The molecule has 1 amide bonds. The number of amides is 1. The zero-order valence-electron chi connectivity index (χ0n) is 14.2. The van der Waals surface area contributed by atoms with Crippen LogP contribution in [0.3, 0.4) is 0 Å². The molecule has 1 aliphatic rings. The summed E-state index contributed by atoms with van der Waals surface area (Å²) in [6.07, 6.45) is 0.114. The van der Waals surface area contributed by atoms with Crippen LogP contribution in [0.25, 0.3) is 10.2 Å². The molecule has 0 saturated carbocycles. The number of hydrogen-bond donors (Lipinski definition) is 1. The second-order valence-electron chi connectivity index (χ2n) is 6.00. The van der Waals surface area contributed by atoms with Gasteiger partial charge in [-0.15, -0.1) is 11.3 Å². The van der Waals surface area contributed by atoms with Crippen LogP contribution in [0.2, 0.25) is 0 Å². The predicted molar refractivity (Wildman–Crippen MR) is 103 cm³/mol. The zero-order valence-corrected chi connectivity index (χ0v) is 15.1. The zero-order chi connectivity index (χ0) is 18.8. The molecule has 3 aromatic rings. The minimum absolute atomic E-state index is 0.0593. The van der Waals surface area contributed by atoms with Gasteiger partial charge in [0.15, 0.2) is 0 Å². The summed E-state index contributed by atoms with van der Waals surface area (Å²) >= 11 is 1.47. The van der Waals surface area contributed by atoms with Gasteiger partial charge < -0.3 is 10.5 Å². The second kappa shape index (κ2) is 7.16. The Hall–Kier alpha value is -3.26. The smallest absolute Gasteiger partial charge is 0.355 e. The van der Waals surface area contributed by atoms with Crippen molar-refractivity contribution in [2.24, 2.45) is 10.8 Å². The maximum Gasteiger partial charge on any atom is 0.355 e. The monoisotopic (exact) mass is 380 g/mol. The molecular formula is C19H16N4O3S. The van der Waals surface area contributed by atoms with Crippen LogP contribution >= 0.6 is 11.3 Å². The molecule has 7 nitrogen and oxygen atoms in total. The molecule has 2 heterocycles. The number of benzene rings is 2. The van der Waals surface area contributed by atoms with E-state index in [1.165, 1.54) is 16.3 Å². The van der Waals surface area contributed by atoms with Gasteiger partial charge in [0.05, 0.1) is 15.9 Å². The molecule has 0 spiro atoms. The van der Waals surface area contributed by atoms with Gasteiger partial charge in [0.2, 0.25) is 5.91 Å². The van der Waals surface area contributed by atoms with Crippen molar-refractivity contribution in [1.82, 2.24) is 4.98 Å². The summed E-state index contributed by atoms with van der Waals surface area (Å²) < 4.78 is 6.39. The molecule has 27 heavy (non-hydrogen) atoms. The molecule has 1 aliphatic heterocycles. The van der Waals surface area contributed by atoms with E-state index in [0.717, 1.165) is 10.2 Å². The fourth-order valence-electron chi connectivity index (χ4n) is 2.87. The number of nitrogens with zero attached hydrogens (tertiary/aromatic N) is 3. The van der Waals surface area contributed by atoms with Crippen LogP contribution < -0.4 is 10.7 Å². The van der Waals surface area contributed by atoms with Crippen LogP contribution in [0.4, 0.5) is 5.69 Å². The number of fused-ring (bicyclic) bond motifs is 1. The summed E-state index contributed by atoms with van der Waals surface area (Å²) in [5, 5.41) is 6.45. The van der Waals surface area contributed by atoms with E-state index in [9.17, 15) is 9.59 Å². The lowest BCUT2D eigenvalue weighted by atomic mass is 10.1. The lowest BCUT2D eigenvalue weighted by molar-refractivity contribution is -0.136. The minimum Gasteiger partial charge on any atom is -0.454 e. The Bertz CT molecular complexity index is 999. The van der Waals surface area contributed by atoms with Crippen LogP contribution in [0.5, 0.6) is 0 Å². The van der Waals surface area contributed by atoms with Crippen LogP contribution in [0, 0.1) is 0 Å². The van der Waals surface area contributed by atoms with Crippen LogP contribution in [-0.2, 0) is 20.9 Å². The Morgan fingerprint density at radius 3 is 2.63 bits per heavy atom. The van der Waals surface area contributed by atoms with Gasteiger partial charge >= 0.3 is 5.97 Å². The van der Waals surface area contributed by atoms with Crippen molar-refractivity contribution in [3.63, 3.8) is 0 Å². The molecule has 0 fully saturated rings. The number of hydrazone groups is 1. The molecule has 136 valence electrons. The molecule has 2 aromatic carbocycles. The SMILES string of the molecule is NC(=O)C1CC(C(=O)OCc2nc3ccccc3s2)=NN1c1ccccc1. The van der Waals surface area contributed by atoms with Crippen LogP contribution in [0.1, 0.15) is 11.4 Å². The number of ether oxygens (including phenoxy) is 1. The average Bonchev–Trinajstić information content (AvgIpc) is 3.31. The Balaban J connectivity index is 1.48. The van der Waals surface area contributed by atoms with Gasteiger partial charge in [-0.05, 0) is 24.3 Å². The first-order chi connectivity index (χ1) is 13.1. The number of para-hydroxylation sites is 2. The largest absolute Gasteiger partial charge is 0.454 e. The Kier molecular flexibility index (Phi) is 4.55. The summed E-state index contributed by atoms with van der Waals surface area (Å²) in [6, 6.07) is 16.1. The van der Waals surface area contributed by atoms with Gasteiger partial charge in [0, 0.05) is 6.42 Å². The molecule has 1 aromatic heterocycles. The summed E-state index contributed by atoms with van der Waals surface area (Å²) in [5.74, 6) is -1.12. The number of primary amides is 1. The summed E-state index contributed by atoms with van der Waals surface area (Å²) in [5.41, 5.74) is 7.21. The van der Waals surface area contributed by atoms with Crippen LogP contribution in [-0.4, -0.2) is 28.6 Å². The highest BCUT2D eigenvalue weighted by atomic mass is 32.1. The van der Waals surface area contributed by atoms with Gasteiger partial charge in [-0.2, -0.15) is 5.10 Å². The summed E-state index contributed by atoms with van der Waals surface area (Å²) in [7, 11) is 0. The Morgan fingerprint density at radius 2 is 1.89 bits per heavy atom. The van der Waals surface area contributed by atoms with Gasteiger partial charge in [-0.1, -0.05) is 30.3 Å². The van der Waals surface area contributed by atoms with Crippen molar-refractivity contribution in [3.8, 4) is 0 Å². The topological polar surface area (TPSA) is 97.9 Å². The Morgan fingerprint density at radius 1 is 1.15 bits per heavy atom. The molecule has 0 aliphatic carbocycles. The van der Waals surface area contributed by atoms with Gasteiger partial charge in [0.25, 0.3) is 0 Å². The van der Waals surface area contributed by atoms with E-state index in [0.29, 0.717) is 10.7 Å². The predicted octanol–water partition coefficient (Wildman–Crippen LogP) is 2.46. The number of aromatic nitrogens is 1. The van der Waals surface area contributed by atoms with E-state index >= 15 is 0 Å². The quantitative estimate of drug-likeness (QED) is 0.686. The highest BCUT2D eigenvalue weighted by Gasteiger charge is 2.35. The number of carbonyl (C=O) groups is 2. The first-order valence-corrected chi connectivity index (χ1v) is 9.16. The maximum absolute atomic E-state index is 12.4. The van der Waals surface area contributed by atoms with Gasteiger partial charge in [0.1, 0.15) is 23.4 Å². The number of nitrogens with two attached hydrogens (primary N) is 1. The van der Waals surface area contributed by atoms with E-state index < -0.39 is 17.9 Å². The third-order valence-electron chi connectivity index (χ3n) is 4.16. The molecule has 2 N–H and O–H groups in total. The highest BCUT2D eigenvalue weighted by Crippen LogP contribution is 2.25. The van der Waals surface area contributed by atoms with Gasteiger partial charge in [-0.3, -0.25) is 9.80 Å². The summed E-state index contributed by atoms with van der Waals surface area (Å²) in [6.45, 7) is 0.0593. The lowest BCUT2D eigenvalue weighted by Gasteiger charge is -2.20. The second-order valence-corrected chi connectivity index (χ2v) is 7.12. The van der Waals surface area contributed by atoms with E-state index in [2.05, 4.69) is 10.1 Å². The molecule has 0 bridgehead atoms. The van der Waals surface area contributed by atoms with Crippen molar-refractivity contribution in [2.75, 3.05) is 5.01 Å². The standard InChI is InChI=1S/C19H16N4O3S/c20-18(24)15-10-14(22-23(15)12-6-2-1-3-7-12)19(25)26-11-17-21-13-8-4-5-9-16(13)27-17/h1-9,15H,10-11H2,(H2,20,24). The van der Waals surface area contributed by atoms with E-state index in [4.69, 9.17) is 10.5 Å². The molecule has 1 atom stereocenters. The number of thiazole rings is 1. The summed E-state index contributed by atoms with van der Waals surface area (Å²) in [4.78, 5) is 28.6. The number of rotatable bonds is 5. The Labute approximate surface area is 159 Å². The fraction of sp³-hybridized carbons (Fsp3) is 0.158. The molecule has 0 radical (unpaired) electrons.